The van der Waals surface area contributed by atoms with Crippen molar-refractivity contribution in [3.8, 4) is 5.75 Å². The van der Waals surface area contributed by atoms with Crippen LogP contribution < -0.4 is 15.8 Å². The van der Waals surface area contributed by atoms with Gasteiger partial charge in [0.1, 0.15) is 5.75 Å². The maximum Gasteiger partial charge on any atom is 0.229 e. The molecule has 0 unspecified atom stereocenters. The number of amides is 1. The number of hydrogen-bond donors (Lipinski definition) is 2. The number of nitrogens with two attached hydrogens (primary N) is 1. The fraction of sp³-hybridized carbons (Fsp3) is 0.286. The van der Waals surface area contributed by atoms with Crippen LogP contribution in [0.1, 0.15) is 31.9 Å². The summed E-state index contributed by atoms with van der Waals surface area (Å²) in [7, 11) is 1.56. The number of thioether (sulfide) groups is 1. The zero-order valence-electron chi connectivity index (χ0n) is 16.6. The van der Waals surface area contributed by atoms with E-state index < -0.39 is 5.41 Å². The minimum absolute atomic E-state index is 0.100. The molecule has 0 spiro atoms. The van der Waals surface area contributed by atoms with Crippen molar-refractivity contribution in [3.63, 3.8) is 0 Å². The van der Waals surface area contributed by atoms with Crippen LogP contribution in [0.3, 0.4) is 0 Å². The molecule has 2 aromatic rings. The predicted molar refractivity (Wildman–Crippen MR) is 118 cm³/mol. The molecular weight excluding hydrogens is 372 g/mol. The van der Waals surface area contributed by atoms with Crippen LogP contribution in [0.15, 0.2) is 58.7 Å². The van der Waals surface area contributed by atoms with E-state index in [1.54, 1.807) is 19.2 Å². The molecule has 0 fully saturated rings. The van der Waals surface area contributed by atoms with E-state index in [9.17, 15) is 4.79 Å². The minimum Gasteiger partial charge on any atom is -0.496 e. The Kier molecular flexibility index (Phi) is 7.63. The topological polar surface area (TPSA) is 89.1 Å². The van der Waals surface area contributed by atoms with Crippen LogP contribution in [-0.2, 0) is 10.5 Å². The van der Waals surface area contributed by atoms with Gasteiger partial charge in [0.25, 0.3) is 0 Å². The van der Waals surface area contributed by atoms with Crippen molar-refractivity contribution in [1.82, 2.24) is 0 Å². The van der Waals surface area contributed by atoms with Crippen molar-refractivity contribution in [2.45, 2.75) is 26.5 Å². The molecule has 2 rings (SSSR count). The maximum atomic E-state index is 12.3. The minimum atomic E-state index is -0.520. The monoisotopic (exact) mass is 398 g/mol. The van der Waals surface area contributed by atoms with Gasteiger partial charge in [-0.05, 0) is 17.7 Å². The zero-order valence-corrected chi connectivity index (χ0v) is 17.4. The molecule has 0 aliphatic heterocycles. The van der Waals surface area contributed by atoms with Gasteiger partial charge < -0.3 is 15.8 Å². The van der Waals surface area contributed by atoms with Gasteiger partial charge >= 0.3 is 0 Å². The number of nitrogens with one attached hydrogen (secondary N) is 1. The largest absolute Gasteiger partial charge is 0.496 e. The molecule has 0 atom stereocenters. The Balaban J connectivity index is 2.13. The van der Waals surface area contributed by atoms with Crippen LogP contribution in [0.4, 0.5) is 5.69 Å². The Labute approximate surface area is 170 Å². The third kappa shape index (κ3) is 6.42. The molecule has 2 aromatic carbocycles. The van der Waals surface area contributed by atoms with Crippen LogP contribution in [0.5, 0.6) is 5.75 Å². The molecule has 1 amide bonds. The van der Waals surface area contributed by atoms with Crippen molar-refractivity contribution in [3.05, 3.63) is 59.7 Å². The van der Waals surface area contributed by atoms with Crippen molar-refractivity contribution >= 4 is 34.7 Å². The van der Waals surface area contributed by atoms with E-state index in [-0.39, 0.29) is 5.91 Å². The Morgan fingerprint density at radius 1 is 1.18 bits per heavy atom. The molecule has 0 heterocycles. The second-order valence-corrected chi connectivity index (χ2v) is 8.08. The van der Waals surface area contributed by atoms with Gasteiger partial charge in [0.2, 0.25) is 5.91 Å². The number of carbonyl (C=O) groups is 1. The van der Waals surface area contributed by atoms with Crippen molar-refractivity contribution in [2.24, 2.45) is 21.4 Å². The summed E-state index contributed by atoms with van der Waals surface area (Å²) in [5.41, 5.74) is 7.81. The summed E-state index contributed by atoms with van der Waals surface area (Å²) in [6, 6.07) is 15.4. The normalized spacial score (nSPS) is 12.2. The average Bonchev–Trinajstić information content (AvgIpc) is 2.67. The van der Waals surface area contributed by atoms with Crippen LogP contribution >= 0.6 is 11.8 Å². The van der Waals surface area contributed by atoms with E-state index >= 15 is 0 Å². The smallest absolute Gasteiger partial charge is 0.229 e. The first-order valence-electron chi connectivity index (χ1n) is 8.83. The molecule has 148 valence electrons. The Hall–Kier alpha value is -2.80. The van der Waals surface area contributed by atoms with E-state index in [2.05, 4.69) is 15.5 Å². The zero-order chi connectivity index (χ0) is 20.6. The van der Waals surface area contributed by atoms with Gasteiger partial charge in [-0.15, -0.1) is 5.10 Å². The van der Waals surface area contributed by atoms with E-state index in [0.717, 1.165) is 5.56 Å². The molecule has 28 heavy (non-hydrogen) atoms. The molecule has 0 bridgehead atoms. The molecular formula is C21H26N4O2S. The third-order valence-electron chi connectivity index (χ3n) is 3.79. The van der Waals surface area contributed by atoms with Crippen molar-refractivity contribution < 1.29 is 9.53 Å². The van der Waals surface area contributed by atoms with Crippen molar-refractivity contribution in [2.75, 3.05) is 12.4 Å². The molecule has 0 saturated carbocycles. The van der Waals surface area contributed by atoms with Crippen LogP contribution in [0, 0.1) is 5.41 Å². The summed E-state index contributed by atoms with van der Waals surface area (Å²) in [6.45, 7) is 5.56. The van der Waals surface area contributed by atoms with Gasteiger partial charge in [-0.25, -0.2) is 0 Å². The van der Waals surface area contributed by atoms with Crippen LogP contribution in [-0.4, -0.2) is 24.4 Å². The first-order valence-corrected chi connectivity index (χ1v) is 9.81. The standard InChI is InChI=1S/C21H26N4O2S/c1-21(2,3)19(26)24-17-11-8-12-18(27-4)16(17)13-23-25-20(22)28-14-15-9-6-5-7-10-15/h5-13H,14H2,1-4H3,(H2,22,25)(H,24,26). The number of benzene rings is 2. The second kappa shape index (κ2) is 9.94. The first-order chi connectivity index (χ1) is 13.3. The van der Waals surface area contributed by atoms with Crippen molar-refractivity contribution in [1.29, 1.82) is 0 Å². The number of anilines is 1. The summed E-state index contributed by atoms with van der Waals surface area (Å²) in [5.74, 6) is 1.20. The van der Waals surface area contributed by atoms with E-state index in [1.807, 2.05) is 57.2 Å². The molecule has 0 aromatic heterocycles. The molecule has 7 heteroatoms. The van der Waals surface area contributed by atoms with Gasteiger partial charge in [-0.1, -0.05) is 68.9 Å². The van der Waals surface area contributed by atoms with Gasteiger partial charge in [-0.2, -0.15) is 5.10 Å². The molecule has 0 saturated heterocycles. The quantitative estimate of drug-likeness (QED) is 0.432. The fourth-order valence-corrected chi connectivity index (χ4v) is 2.79. The number of carbonyl (C=O) groups excluding carboxylic acids is 1. The van der Waals surface area contributed by atoms with Gasteiger partial charge in [-0.3, -0.25) is 4.79 Å². The highest BCUT2D eigenvalue weighted by atomic mass is 32.2. The maximum absolute atomic E-state index is 12.3. The summed E-state index contributed by atoms with van der Waals surface area (Å²) in [4.78, 5) is 12.3. The van der Waals surface area contributed by atoms with Gasteiger partial charge in [0, 0.05) is 11.2 Å². The van der Waals surface area contributed by atoms with Gasteiger partial charge in [0.05, 0.1) is 24.6 Å². The van der Waals surface area contributed by atoms with E-state index in [4.69, 9.17) is 10.5 Å². The predicted octanol–water partition coefficient (Wildman–Crippen LogP) is 4.26. The lowest BCUT2D eigenvalue weighted by Crippen LogP contribution is -2.28. The number of amidine groups is 1. The second-order valence-electron chi connectivity index (χ2n) is 7.08. The van der Waals surface area contributed by atoms with E-state index in [0.29, 0.717) is 27.9 Å². The number of methoxy groups -OCH3 is 1. The fourth-order valence-electron chi connectivity index (χ4n) is 2.18. The molecule has 3 N–H and O–H groups in total. The SMILES string of the molecule is COc1cccc(NC(=O)C(C)(C)C)c1C=NN=C(N)SCc1ccccc1. The highest BCUT2D eigenvalue weighted by molar-refractivity contribution is 8.13. The number of hydrogen-bond acceptors (Lipinski definition) is 5. The summed E-state index contributed by atoms with van der Waals surface area (Å²) >= 11 is 1.41. The number of rotatable bonds is 6. The average molecular weight is 399 g/mol. The first kappa shape index (κ1) is 21.5. The highest BCUT2D eigenvalue weighted by Crippen LogP contribution is 2.26. The molecule has 6 nitrogen and oxygen atoms in total. The molecule has 0 radical (unpaired) electrons. The molecule has 0 aliphatic rings. The summed E-state index contributed by atoms with van der Waals surface area (Å²) in [5, 5.41) is 11.4. The van der Waals surface area contributed by atoms with E-state index in [1.165, 1.54) is 18.0 Å². The Morgan fingerprint density at radius 3 is 2.54 bits per heavy atom. The third-order valence-corrected chi connectivity index (χ3v) is 4.64. The van der Waals surface area contributed by atoms with Crippen LogP contribution in [0.25, 0.3) is 0 Å². The Morgan fingerprint density at radius 2 is 1.89 bits per heavy atom. The van der Waals surface area contributed by atoms with Crippen LogP contribution in [0.2, 0.25) is 0 Å². The molecule has 0 aliphatic carbocycles. The lowest BCUT2D eigenvalue weighted by atomic mass is 9.95. The van der Waals surface area contributed by atoms with Gasteiger partial charge in [0.15, 0.2) is 5.17 Å². The lowest BCUT2D eigenvalue weighted by molar-refractivity contribution is -0.123. The number of nitrogens with zero attached hydrogens (tertiary/aromatic N) is 2. The number of ether oxygens (including phenoxy) is 1. The lowest BCUT2D eigenvalue weighted by Gasteiger charge is -2.19. The Bertz CT molecular complexity index is 858. The highest BCUT2D eigenvalue weighted by Gasteiger charge is 2.22. The summed E-state index contributed by atoms with van der Waals surface area (Å²) in [6.07, 6.45) is 1.53. The summed E-state index contributed by atoms with van der Waals surface area (Å²) < 4.78 is 5.39.